The Balaban J connectivity index is 2.81. The summed E-state index contributed by atoms with van der Waals surface area (Å²) in [5.74, 6) is 0.333. The molecule has 0 saturated heterocycles. The molecule has 0 aliphatic rings. The van der Waals surface area contributed by atoms with Gasteiger partial charge in [0, 0.05) is 14.8 Å². The molecule has 0 aliphatic heterocycles. The van der Waals surface area contributed by atoms with Gasteiger partial charge in [0.25, 0.3) is 0 Å². The molecule has 1 nitrogen and oxygen atoms in total. The third-order valence-electron chi connectivity index (χ3n) is 0.987. The molecule has 1 N–H and O–H groups in total. The van der Waals surface area contributed by atoms with Gasteiger partial charge in [-0.1, -0.05) is 12.1 Å². The molecule has 0 fully saturated rings. The maximum Gasteiger partial charge on any atom is 0.130 e. The Bertz CT molecular complexity index is 217. The van der Waals surface area contributed by atoms with E-state index in [1.54, 1.807) is 12.1 Å². The Morgan fingerprint density at radius 3 is 2.60 bits per heavy atom. The van der Waals surface area contributed by atoms with Crippen molar-refractivity contribution in [3.05, 3.63) is 24.3 Å². The van der Waals surface area contributed by atoms with Gasteiger partial charge in [-0.2, -0.15) is 0 Å². The first kappa shape index (κ1) is 8.30. The fourth-order valence-electron chi connectivity index (χ4n) is 0.562. The van der Waals surface area contributed by atoms with Crippen LogP contribution in [0.5, 0.6) is 5.75 Å². The third-order valence-corrected chi connectivity index (χ3v) is 3.49. The van der Waals surface area contributed by atoms with E-state index >= 15 is 0 Å². The van der Waals surface area contributed by atoms with E-state index in [1.807, 2.05) is 12.1 Å². The Morgan fingerprint density at radius 2 is 2.00 bits per heavy atom. The van der Waals surface area contributed by atoms with Crippen molar-refractivity contribution in [3.8, 4) is 5.75 Å². The Hall–Kier alpha value is 0.200. The summed E-state index contributed by atoms with van der Waals surface area (Å²) in [5.41, 5.74) is 0. The first-order chi connectivity index (χ1) is 4.84. The second-order valence-corrected chi connectivity index (χ2v) is 5.60. The number of hydrogen-bond donors (Lipinski definition) is 1. The number of phenols is 1. The van der Waals surface area contributed by atoms with Crippen LogP contribution in [0.1, 0.15) is 0 Å². The van der Waals surface area contributed by atoms with E-state index in [0.717, 1.165) is 4.90 Å². The largest absolute Gasteiger partial charge is 0.507 e. The minimum Gasteiger partial charge on any atom is -0.507 e. The van der Waals surface area contributed by atoms with Gasteiger partial charge in [0.2, 0.25) is 0 Å². The summed E-state index contributed by atoms with van der Waals surface area (Å²) in [6, 6.07) is 7.24. The highest BCUT2D eigenvalue weighted by atomic mass is 79.9. The van der Waals surface area contributed by atoms with Crippen molar-refractivity contribution in [3.63, 3.8) is 0 Å². The van der Waals surface area contributed by atoms with Crippen molar-refractivity contribution in [2.75, 3.05) is 0 Å². The summed E-state index contributed by atoms with van der Waals surface area (Å²) in [7, 11) is 2.92. The van der Waals surface area contributed by atoms with Crippen LogP contribution >= 0.6 is 34.8 Å². The predicted octanol–water partition coefficient (Wildman–Crippen LogP) is 3.44. The van der Waals surface area contributed by atoms with Crippen molar-refractivity contribution < 1.29 is 5.11 Å². The third kappa shape index (κ3) is 2.11. The van der Waals surface area contributed by atoms with Gasteiger partial charge in [-0.05, 0) is 32.2 Å². The zero-order valence-corrected chi connectivity index (χ0v) is 8.17. The number of aromatic hydroxyl groups is 1. The molecule has 0 aromatic heterocycles. The molecule has 0 unspecified atom stereocenters. The van der Waals surface area contributed by atoms with Crippen LogP contribution in [-0.2, 0) is 0 Å². The van der Waals surface area contributed by atoms with Crippen LogP contribution in [0.25, 0.3) is 0 Å². The van der Waals surface area contributed by atoms with Gasteiger partial charge in [-0.3, -0.25) is 0 Å². The fourth-order valence-corrected chi connectivity index (χ4v) is 2.82. The maximum absolute atomic E-state index is 9.19. The molecule has 0 radical (unpaired) electrons. The van der Waals surface area contributed by atoms with E-state index < -0.39 is 0 Å². The number of hydrogen-bond acceptors (Lipinski definition) is 3. The lowest BCUT2D eigenvalue weighted by atomic mass is 10.3. The normalized spacial score (nSPS) is 9.70. The van der Waals surface area contributed by atoms with E-state index in [9.17, 15) is 5.11 Å². The number of para-hydroxylation sites is 1. The quantitative estimate of drug-likeness (QED) is 0.795. The van der Waals surface area contributed by atoms with Crippen LogP contribution in [-0.4, -0.2) is 5.11 Å². The highest BCUT2D eigenvalue weighted by Crippen LogP contribution is 2.39. The van der Waals surface area contributed by atoms with Crippen molar-refractivity contribution in [2.24, 2.45) is 0 Å². The standard InChI is InChI=1S/C6H5BrOS2/c7-10-9-6-4-2-1-3-5(6)8/h1-4,8H. The van der Waals surface area contributed by atoms with Crippen molar-refractivity contribution in [2.45, 2.75) is 4.90 Å². The average molecular weight is 237 g/mol. The van der Waals surface area contributed by atoms with Crippen LogP contribution in [0.3, 0.4) is 0 Å². The summed E-state index contributed by atoms with van der Waals surface area (Å²) in [4.78, 5) is 0.879. The second kappa shape index (κ2) is 4.16. The smallest absolute Gasteiger partial charge is 0.130 e. The van der Waals surface area contributed by atoms with Crippen LogP contribution in [0.2, 0.25) is 0 Å². The maximum atomic E-state index is 9.19. The van der Waals surface area contributed by atoms with Crippen LogP contribution in [0, 0.1) is 0 Å². The summed E-state index contributed by atoms with van der Waals surface area (Å²) in [5, 5.41) is 9.19. The zero-order chi connectivity index (χ0) is 7.40. The van der Waals surface area contributed by atoms with Gasteiger partial charge in [0.1, 0.15) is 5.75 Å². The van der Waals surface area contributed by atoms with Gasteiger partial charge in [-0.15, -0.1) is 0 Å². The van der Waals surface area contributed by atoms with E-state index in [4.69, 9.17) is 0 Å². The Kier molecular flexibility index (Phi) is 3.45. The molecule has 54 valence electrons. The molecule has 0 heterocycles. The van der Waals surface area contributed by atoms with E-state index in [-0.39, 0.29) is 0 Å². The minimum absolute atomic E-state index is 0.333. The molecule has 0 aliphatic carbocycles. The number of benzene rings is 1. The lowest BCUT2D eigenvalue weighted by molar-refractivity contribution is 0.462. The van der Waals surface area contributed by atoms with Crippen LogP contribution < -0.4 is 0 Å². The number of rotatable bonds is 2. The molecule has 10 heavy (non-hydrogen) atoms. The Labute approximate surface area is 74.8 Å². The molecule has 0 saturated carbocycles. The fraction of sp³-hybridized carbons (Fsp3) is 0. The predicted molar refractivity (Wildman–Crippen MR) is 50.5 cm³/mol. The molecule has 0 spiro atoms. The lowest BCUT2D eigenvalue weighted by Crippen LogP contribution is -1.67. The molecular formula is C6H5BrOS2. The summed E-state index contributed by atoms with van der Waals surface area (Å²) >= 11 is 3.19. The van der Waals surface area contributed by atoms with Gasteiger partial charge < -0.3 is 5.11 Å². The van der Waals surface area contributed by atoms with Crippen molar-refractivity contribution in [1.82, 2.24) is 0 Å². The van der Waals surface area contributed by atoms with Crippen molar-refractivity contribution >= 4 is 34.8 Å². The SMILES string of the molecule is Oc1ccccc1SSBr. The minimum atomic E-state index is 0.333. The van der Waals surface area contributed by atoms with Gasteiger partial charge in [0.15, 0.2) is 0 Å². The molecule has 1 aromatic carbocycles. The summed E-state index contributed by atoms with van der Waals surface area (Å²) in [6.07, 6.45) is 0. The summed E-state index contributed by atoms with van der Waals surface area (Å²) in [6.45, 7) is 0. The second-order valence-electron chi connectivity index (χ2n) is 1.61. The van der Waals surface area contributed by atoms with Crippen LogP contribution in [0.15, 0.2) is 29.2 Å². The molecule has 0 amide bonds. The Morgan fingerprint density at radius 1 is 1.30 bits per heavy atom. The molecular weight excluding hydrogens is 232 g/mol. The molecule has 1 aromatic rings. The molecule has 1 rings (SSSR count). The first-order valence-corrected chi connectivity index (χ1v) is 6.57. The molecule has 0 atom stereocenters. The lowest BCUT2D eigenvalue weighted by Gasteiger charge is -1.97. The topological polar surface area (TPSA) is 20.2 Å². The van der Waals surface area contributed by atoms with E-state index in [0.29, 0.717) is 5.75 Å². The van der Waals surface area contributed by atoms with Gasteiger partial charge >= 0.3 is 0 Å². The van der Waals surface area contributed by atoms with E-state index in [1.165, 1.54) is 20.0 Å². The average Bonchev–Trinajstić information content (AvgIpc) is 1.94. The van der Waals surface area contributed by atoms with Gasteiger partial charge in [-0.25, -0.2) is 0 Å². The highest BCUT2D eigenvalue weighted by Gasteiger charge is 1.97. The molecule has 0 bridgehead atoms. The van der Waals surface area contributed by atoms with E-state index in [2.05, 4.69) is 14.8 Å². The summed E-state index contributed by atoms with van der Waals surface area (Å²) < 4.78 is 0. The van der Waals surface area contributed by atoms with Crippen LogP contribution in [0.4, 0.5) is 0 Å². The first-order valence-electron chi connectivity index (χ1n) is 2.58. The number of phenolic OH excluding ortho intramolecular Hbond substituents is 1. The zero-order valence-electron chi connectivity index (χ0n) is 4.95. The van der Waals surface area contributed by atoms with Crippen molar-refractivity contribution in [1.29, 1.82) is 0 Å². The monoisotopic (exact) mass is 236 g/mol. The van der Waals surface area contributed by atoms with Gasteiger partial charge in [0.05, 0.1) is 4.90 Å². The number of halogens is 1. The molecule has 4 heteroatoms. The highest BCUT2D eigenvalue weighted by molar-refractivity contribution is 9.60.